The summed E-state index contributed by atoms with van der Waals surface area (Å²) in [7, 11) is 0. The molecule has 37 heavy (non-hydrogen) atoms. The lowest BCUT2D eigenvalue weighted by Crippen LogP contribution is -2.36. The van der Waals surface area contributed by atoms with E-state index in [1.165, 1.54) is 16.7 Å². The van der Waals surface area contributed by atoms with Crippen molar-refractivity contribution >= 4 is 22.6 Å². The van der Waals surface area contributed by atoms with Gasteiger partial charge in [0.2, 0.25) is 0 Å². The number of nitriles is 2. The molecule has 0 aromatic heterocycles. The standard InChI is InChI=1S/C33H30IN3/c1-24(37-33(18-19-35)30-16-14-29(15-17-30)28-7-3-2-4-8-28)32(31-9-5-6-27(20-31)23-36)21-25-10-12-26(22-34)13-11-25/h2-17,20,24,32-33,37H,18,21-22H2,1H3/t24-,32+,33?/m0/s1. The van der Waals surface area contributed by atoms with Crippen molar-refractivity contribution in [2.24, 2.45) is 0 Å². The monoisotopic (exact) mass is 595 g/mol. The Bertz CT molecular complexity index is 1370. The third-order valence-electron chi connectivity index (χ3n) is 6.86. The fraction of sp³-hybridized carbons (Fsp3) is 0.212. The minimum absolute atomic E-state index is 0.0744. The first-order valence-corrected chi connectivity index (χ1v) is 14.1. The van der Waals surface area contributed by atoms with Crippen molar-refractivity contribution in [2.45, 2.75) is 42.2 Å². The average molecular weight is 596 g/mol. The molecule has 0 fully saturated rings. The third-order valence-corrected chi connectivity index (χ3v) is 7.74. The lowest BCUT2D eigenvalue weighted by molar-refractivity contribution is 0.401. The molecule has 184 valence electrons. The topological polar surface area (TPSA) is 59.6 Å². The van der Waals surface area contributed by atoms with E-state index in [1.54, 1.807) is 0 Å². The summed E-state index contributed by atoms with van der Waals surface area (Å²) in [6, 6.07) is 40.2. The number of hydrogen-bond donors (Lipinski definition) is 1. The molecule has 0 saturated heterocycles. The summed E-state index contributed by atoms with van der Waals surface area (Å²) < 4.78 is 0.989. The zero-order valence-corrected chi connectivity index (χ0v) is 23.1. The van der Waals surface area contributed by atoms with Crippen LogP contribution in [0.1, 0.15) is 53.1 Å². The molecule has 0 bridgehead atoms. The first-order chi connectivity index (χ1) is 18.1. The van der Waals surface area contributed by atoms with Crippen LogP contribution < -0.4 is 5.32 Å². The second-order valence-corrected chi connectivity index (χ2v) is 10.1. The van der Waals surface area contributed by atoms with Crippen molar-refractivity contribution in [3.63, 3.8) is 0 Å². The molecule has 0 aliphatic carbocycles. The lowest BCUT2D eigenvalue weighted by Gasteiger charge is -2.30. The highest BCUT2D eigenvalue weighted by Gasteiger charge is 2.24. The summed E-state index contributed by atoms with van der Waals surface area (Å²) in [4.78, 5) is 0. The molecule has 4 heteroatoms. The molecule has 0 radical (unpaired) electrons. The lowest BCUT2D eigenvalue weighted by atomic mass is 9.85. The van der Waals surface area contributed by atoms with Gasteiger partial charge in [-0.2, -0.15) is 10.5 Å². The Kier molecular flexibility index (Phi) is 9.49. The number of nitrogens with one attached hydrogen (secondary N) is 1. The highest BCUT2D eigenvalue weighted by atomic mass is 127. The average Bonchev–Trinajstić information content (AvgIpc) is 2.96. The zero-order chi connectivity index (χ0) is 26.0. The molecule has 4 aromatic carbocycles. The van der Waals surface area contributed by atoms with E-state index in [2.05, 4.69) is 114 Å². The third kappa shape index (κ3) is 7.07. The van der Waals surface area contributed by atoms with Crippen LogP contribution >= 0.6 is 22.6 Å². The largest absolute Gasteiger partial charge is 0.306 e. The van der Waals surface area contributed by atoms with Crippen molar-refractivity contribution in [1.29, 1.82) is 10.5 Å². The van der Waals surface area contributed by atoms with Crippen molar-refractivity contribution in [2.75, 3.05) is 0 Å². The van der Waals surface area contributed by atoms with Crippen LogP contribution in [0.2, 0.25) is 0 Å². The Hall–Kier alpha value is -3.45. The Morgan fingerprint density at radius 1 is 0.757 bits per heavy atom. The van der Waals surface area contributed by atoms with E-state index < -0.39 is 0 Å². The van der Waals surface area contributed by atoms with Crippen molar-refractivity contribution in [1.82, 2.24) is 5.32 Å². The van der Waals surface area contributed by atoms with E-state index in [-0.39, 0.29) is 18.0 Å². The van der Waals surface area contributed by atoms with Gasteiger partial charge in [-0.3, -0.25) is 0 Å². The molecule has 4 aromatic rings. The number of benzene rings is 4. The summed E-state index contributed by atoms with van der Waals surface area (Å²) in [6.07, 6.45) is 1.22. The summed E-state index contributed by atoms with van der Waals surface area (Å²) >= 11 is 2.38. The van der Waals surface area contributed by atoms with Crippen LogP contribution in [-0.2, 0) is 10.8 Å². The number of nitrogens with zero attached hydrogens (tertiary/aromatic N) is 2. The molecule has 1 N–H and O–H groups in total. The van der Waals surface area contributed by atoms with E-state index in [0.717, 1.165) is 27.5 Å². The fourth-order valence-electron chi connectivity index (χ4n) is 4.78. The molecule has 0 aliphatic heterocycles. The van der Waals surface area contributed by atoms with Crippen LogP contribution in [0.25, 0.3) is 11.1 Å². The maximum atomic E-state index is 9.63. The highest BCUT2D eigenvalue weighted by molar-refractivity contribution is 14.1. The molecule has 0 heterocycles. The Labute approximate surface area is 233 Å². The normalized spacial score (nSPS) is 13.2. The maximum Gasteiger partial charge on any atom is 0.0991 e. The van der Waals surface area contributed by atoms with Gasteiger partial charge in [0.1, 0.15) is 0 Å². The molecular weight excluding hydrogens is 565 g/mol. The van der Waals surface area contributed by atoms with Crippen LogP contribution in [0.3, 0.4) is 0 Å². The number of halogens is 1. The summed E-state index contributed by atoms with van der Waals surface area (Å²) in [5, 5.41) is 22.9. The molecule has 4 rings (SSSR count). The minimum Gasteiger partial charge on any atom is -0.306 e. The van der Waals surface area contributed by atoms with Crippen molar-refractivity contribution in [3.8, 4) is 23.3 Å². The first kappa shape index (κ1) is 26.6. The molecular formula is C33H30IN3. The number of hydrogen-bond acceptors (Lipinski definition) is 3. The Balaban J connectivity index is 1.59. The molecule has 0 aliphatic rings. The van der Waals surface area contributed by atoms with E-state index in [9.17, 15) is 10.5 Å². The van der Waals surface area contributed by atoms with Gasteiger partial charge in [0.05, 0.1) is 24.1 Å². The maximum absolute atomic E-state index is 9.63. The van der Waals surface area contributed by atoms with E-state index in [0.29, 0.717) is 12.0 Å². The first-order valence-electron chi connectivity index (χ1n) is 12.5. The van der Waals surface area contributed by atoms with Gasteiger partial charge < -0.3 is 5.32 Å². The van der Waals surface area contributed by atoms with Gasteiger partial charge in [0, 0.05) is 22.4 Å². The quantitative estimate of drug-likeness (QED) is 0.149. The predicted octanol–water partition coefficient (Wildman–Crippen LogP) is 8.12. The van der Waals surface area contributed by atoms with Crippen LogP contribution in [0.5, 0.6) is 0 Å². The van der Waals surface area contributed by atoms with Gasteiger partial charge in [-0.05, 0) is 58.9 Å². The Morgan fingerprint density at radius 2 is 1.43 bits per heavy atom. The molecule has 1 unspecified atom stereocenters. The van der Waals surface area contributed by atoms with Gasteiger partial charge in [0.25, 0.3) is 0 Å². The predicted molar refractivity (Wildman–Crippen MR) is 159 cm³/mol. The van der Waals surface area contributed by atoms with Crippen LogP contribution in [-0.4, -0.2) is 6.04 Å². The van der Waals surface area contributed by atoms with E-state index >= 15 is 0 Å². The second-order valence-electron chi connectivity index (χ2n) is 9.36. The number of rotatable bonds is 10. The molecule has 0 saturated carbocycles. The van der Waals surface area contributed by atoms with Gasteiger partial charge >= 0.3 is 0 Å². The van der Waals surface area contributed by atoms with Gasteiger partial charge in [0.15, 0.2) is 0 Å². The van der Waals surface area contributed by atoms with Gasteiger partial charge in [-0.1, -0.05) is 114 Å². The summed E-state index contributed by atoms with van der Waals surface area (Å²) in [5.41, 5.74) is 7.81. The molecule has 3 atom stereocenters. The van der Waals surface area contributed by atoms with E-state index in [1.807, 2.05) is 36.4 Å². The van der Waals surface area contributed by atoms with Crippen molar-refractivity contribution in [3.05, 3.63) is 131 Å². The molecule has 0 amide bonds. The van der Waals surface area contributed by atoms with Crippen LogP contribution in [0, 0.1) is 22.7 Å². The zero-order valence-electron chi connectivity index (χ0n) is 20.9. The van der Waals surface area contributed by atoms with Gasteiger partial charge in [-0.15, -0.1) is 0 Å². The molecule has 3 nitrogen and oxygen atoms in total. The van der Waals surface area contributed by atoms with Crippen molar-refractivity contribution < 1.29 is 0 Å². The second kappa shape index (κ2) is 13.2. The highest BCUT2D eigenvalue weighted by Crippen LogP contribution is 2.29. The fourth-order valence-corrected chi connectivity index (χ4v) is 5.29. The molecule has 0 spiro atoms. The van der Waals surface area contributed by atoms with E-state index in [4.69, 9.17) is 0 Å². The summed E-state index contributed by atoms with van der Waals surface area (Å²) in [6.45, 7) is 2.19. The minimum atomic E-state index is -0.0899. The smallest absolute Gasteiger partial charge is 0.0991 e. The van der Waals surface area contributed by atoms with Crippen LogP contribution in [0.15, 0.2) is 103 Å². The van der Waals surface area contributed by atoms with Gasteiger partial charge in [-0.25, -0.2) is 0 Å². The Morgan fingerprint density at radius 3 is 2.08 bits per heavy atom. The summed E-state index contributed by atoms with van der Waals surface area (Å²) in [5.74, 6) is 0.142. The number of alkyl halides is 1. The SMILES string of the molecule is C[C@H](NC(CC#N)c1ccc(-c2ccccc2)cc1)[C@@H](Cc1ccc(CI)cc1)c1cccc(C#N)c1. The van der Waals surface area contributed by atoms with Crippen LogP contribution in [0.4, 0.5) is 0 Å².